The van der Waals surface area contributed by atoms with E-state index in [0.29, 0.717) is 6.04 Å². The fourth-order valence-electron chi connectivity index (χ4n) is 1.74. The summed E-state index contributed by atoms with van der Waals surface area (Å²) in [7, 11) is 1.97. The third-order valence-electron chi connectivity index (χ3n) is 2.48. The van der Waals surface area contributed by atoms with Crippen molar-refractivity contribution in [3.63, 3.8) is 0 Å². The minimum Gasteiger partial charge on any atom is -0.309 e. The number of nitrogens with one attached hydrogen (secondary N) is 1. The fraction of sp³-hybridized carbons (Fsp3) is 0.583. The van der Waals surface area contributed by atoms with Gasteiger partial charge in [0, 0.05) is 25.7 Å². The Hall–Kier alpha value is -1.27. The molecule has 1 aromatic heterocycles. The Bertz CT molecular complexity index is 322. The summed E-state index contributed by atoms with van der Waals surface area (Å²) >= 11 is 0. The molecular weight excluding hydrogens is 186 g/mol. The van der Waals surface area contributed by atoms with E-state index in [0.717, 1.165) is 25.8 Å². The molecule has 0 aliphatic rings. The summed E-state index contributed by atoms with van der Waals surface area (Å²) in [6.07, 6.45) is 10.1. The molecule has 1 heterocycles. The maximum absolute atomic E-state index is 5.25. The lowest BCUT2D eigenvalue weighted by atomic mass is 10.1. The molecule has 0 fully saturated rings. The van der Waals surface area contributed by atoms with Crippen LogP contribution in [0.4, 0.5) is 0 Å². The lowest BCUT2D eigenvalue weighted by Gasteiger charge is -2.17. The second-order valence-corrected chi connectivity index (χ2v) is 3.59. The first-order valence-electron chi connectivity index (χ1n) is 5.44. The molecule has 1 atom stereocenters. The van der Waals surface area contributed by atoms with E-state index < -0.39 is 0 Å². The molecule has 0 aliphatic carbocycles. The van der Waals surface area contributed by atoms with Crippen LogP contribution < -0.4 is 5.32 Å². The minimum atomic E-state index is 0.371. The van der Waals surface area contributed by atoms with E-state index >= 15 is 0 Å². The number of rotatable bonds is 6. The molecule has 0 saturated carbocycles. The van der Waals surface area contributed by atoms with E-state index in [4.69, 9.17) is 6.42 Å². The topological polar surface area (TPSA) is 29.9 Å². The van der Waals surface area contributed by atoms with Crippen molar-refractivity contribution in [3.8, 4) is 12.3 Å². The van der Waals surface area contributed by atoms with E-state index in [1.807, 2.05) is 17.9 Å². The molecule has 0 saturated heterocycles. The van der Waals surface area contributed by atoms with Crippen molar-refractivity contribution in [3.05, 3.63) is 18.0 Å². The summed E-state index contributed by atoms with van der Waals surface area (Å²) in [5.74, 6) is 2.67. The highest BCUT2D eigenvalue weighted by molar-refractivity contribution is 5.06. The lowest BCUT2D eigenvalue weighted by Crippen LogP contribution is -2.23. The van der Waals surface area contributed by atoms with Crippen LogP contribution in [-0.2, 0) is 7.05 Å². The first kappa shape index (κ1) is 11.8. The number of terminal acetylenes is 1. The van der Waals surface area contributed by atoms with Gasteiger partial charge in [-0.2, -0.15) is 5.10 Å². The Morgan fingerprint density at radius 2 is 2.47 bits per heavy atom. The van der Waals surface area contributed by atoms with Gasteiger partial charge in [-0.3, -0.25) is 4.68 Å². The van der Waals surface area contributed by atoms with Gasteiger partial charge < -0.3 is 5.32 Å². The van der Waals surface area contributed by atoms with Crippen molar-refractivity contribution in [2.75, 3.05) is 6.54 Å². The van der Waals surface area contributed by atoms with Crippen LogP contribution in [0.1, 0.15) is 37.9 Å². The lowest BCUT2D eigenvalue weighted by molar-refractivity contribution is 0.470. The van der Waals surface area contributed by atoms with Crippen molar-refractivity contribution in [2.24, 2.45) is 7.05 Å². The molecule has 15 heavy (non-hydrogen) atoms. The molecule has 0 aromatic carbocycles. The Morgan fingerprint density at radius 3 is 3.00 bits per heavy atom. The van der Waals surface area contributed by atoms with Crippen molar-refractivity contribution in [1.82, 2.24) is 15.1 Å². The highest BCUT2D eigenvalue weighted by Crippen LogP contribution is 2.18. The summed E-state index contributed by atoms with van der Waals surface area (Å²) in [4.78, 5) is 0. The first-order chi connectivity index (χ1) is 7.29. The van der Waals surface area contributed by atoms with Crippen LogP contribution in [0.15, 0.2) is 12.3 Å². The second-order valence-electron chi connectivity index (χ2n) is 3.59. The van der Waals surface area contributed by atoms with Gasteiger partial charge in [-0.05, 0) is 25.5 Å². The first-order valence-corrected chi connectivity index (χ1v) is 5.44. The molecule has 1 unspecified atom stereocenters. The van der Waals surface area contributed by atoms with E-state index in [-0.39, 0.29) is 0 Å². The van der Waals surface area contributed by atoms with Crippen LogP contribution in [0.3, 0.4) is 0 Å². The van der Waals surface area contributed by atoms with E-state index in [1.54, 1.807) is 0 Å². The molecule has 82 valence electrons. The predicted molar refractivity (Wildman–Crippen MR) is 62.3 cm³/mol. The summed E-state index contributed by atoms with van der Waals surface area (Å²) in [6.45, 7) is 3.08. The summed E-state index contributed by atoms with van der Waals surface area (Å²) in [6, 6.07) is 2.43. The van der Waals surface area contributed by atoms with Gasteiger partial charge in [0.1, 0.15) is 0 Å². The molecule has 0 radical (unpaired) electrons. The highest BCUT2D eigenvalue weighted by atomic mass is 15.3. The fourth-order valence-corrected chi connectivity index (χ4v) is 1.74. The quantitative estimate of drug-likeness (QED) is 0.567. The zero-order chi connectivity index (χ0) is 11.1. The molecular formula is C12H19N3. The van der Waals surface area contributed by atoms with Gasteiger partial charge in [0.15, 0.2) is 0 Å². The molecule has 1 rings (SSSR count). The zero-order valence-corrected chi connectivity index (χ0v) is 9.53. The SMILES string of the molecule is C#CCCCC(NCC)c1ccnn1C. The minimum absolute atomic E-state index is 0.371. The van der Waals surface area contributed by atoms with E-state index in [9.17, 15) is 0 Å². The van der Waals surface area contributed by atoms with Gasteiger partial charge in [0.25, 0.3) is 0 Å². The molecule has 1 N–H and O–H groups in total. The van der Waals surface area contributed by atoms with Crippen LogP contribution in [-0.4, -0.2) is 16.3 Å². The third-order valence-corrected chi connectivity index (χ3v) is 2.48. The summed E-state index contributed by atoms with van der Waals surface area (Å²) in [5.41, 5.74) is 1.23. The van der Waals surface area contributed by atoms with Gasteiger partial charge in [-0.1, -0.05) is 6.92 Å². The number of aryl methyl sites for hydroxylation is 1. The number of unbranched alkanes of at least 4 members (excludes halogenated alkanes) is 1. The average Bonchev–Trinajstić information content (AvgIpc) is 2.64. The Morgan fingerprint density at radius 1 is 1.67 bits per heavy atom. The Kier molecular flexibility index (Phi) is 4.92. The smallest absolute Gasteiger partial charge is 0.0550 e. The van der Waals surface area contributed by atoms with Crippen molar-refractivity contribution < 1.29 is 0 Å². The van der Waals surface area contributed by atoms with Gasteiger partial charge >= 0.3 is 0 Å². The van der Waals surface area contributed by atoms with E-state index in [1.165, 1.54) is 5.69 Å². The maximum Gasteiger partial charge on any atom is 0.0550 e. The van der Waals surface area contributed by atoms with E-state index in [2.05, 4.69) is 29.3 Å². The summed E-state index contributed by atoms with van der Waals surface area (Å²) in [5, 5.41) is 7.64. The molecule has 0 aliphatic heterocycles. The highest BCUT2D eigenvalue weighted by Gasteiger charge is 2.12. The number of aromatic nitrogens is 2. The van der Waals surface area contributed by atoms with Crippen LogP contribution in [0, 0.1) is 12.3 Å². The molecule has 3 nitrogen and oxygen atoms in total. The van der Waals surface area contributed by atoms with Crippen molar-refractivity contribution >= 4 is 0 Å². The molecule has 1 aromatic rings. The molecule has 3 heteroatoms. The Labute approximate surface area is 91.9 Å². The molecule has 0 spiro atoms. The number of hydrogen-bond donors (Lipinski definition) is 1. The van der Waals surface area contributed by atoms with Crippen molar-refractivity contribution in [2.45, 2.75) is 32.2 Å². The molecule has 0 amide bonds. The van der Waals surface area contributed by atoms with Crippen LogP contribution in [0.2, 0.25) is 0 Å². The van der Waals surface area contributed by atoms with Gasteiger partial charge in [-0.25, -0.2) is 0 Å². The standard InChI is InChI=1S/C12H19N3/c1-4-6-7-8-11(13-5-2)12-9-10-14-15(12)3/h1,9-11,13H,5-8H2,2-3H3. The van der Waals surface area contributed by atoms with Gasteiger partial charge in [0.2, 0.25) is 0 Å². The van der Waals surface area contributed by atoms with Crippen molar-refractivity contribution in [1.29, 1.82) is 0 Å². The maximum atomic E-state index is 5.25. The van der Waals surface area contributed by atoms with Crippen LogP contribution in [0.5, 0.6) is 0 Å². The Balaban J connectivity index is 2.58. The largest absolute Gasteiger partial charge is 0.309 e. The van der Waals surface area contributed by atoms with Gasteiger partial charge in [-0.15, -0.1) is 12.3 Å². The average molecular weight is 205 g/mol. The normalized spacial score (nSPS) is 12.3. The third kappa shape index (κ3) is 3.41. The van der Waals surface area contributed by atoms with Crippen LogP contribution >= 0.6 is 0 Å². The predicted octanol–water partition coefficient (Wildman–Crippen LogP) is 1.87. The second kappa shape index (κ2) is 6.26. The molecule has 0 bridgehead atoms. The monoisotopic (exact) mass is 205 g/mol. The number of hydrogen-bond acceptors (Lipinski definition) is 2. The summed E-state index contributed by atoms with van der Waals surface area (Å²) < 4.78 is 1.92. The van der Waals surface area contributed by atoms with Crippen LogP contribution in [0.25, 0.3) is 0 Å². The zero-order valence-electron chi connectivity index (χ0n) is 9.53. The number of nitrogens with zero attached hydrogens (tertiary/aromatic N) is 2. The van der Waals surface area contributed by atoms with Gasteiger partial charge in [0.05, 0.1) is 5.69 Å².